The van der Waals surface area contributed by atoms with E-state index in [4.69, 9.17) is 4.98 Å². The molecule has 32 heavy (non-hydrogen) atoms. The van der Waals surface area contributed by atoms with Crippen LogP contribution < -0.4 is 0 Å². The number of amides is 2. The molecule has 3 heterocycles. The quantitative estimate of drug-likeness (QED) is 0.577. The van der Waals surface area contributed by atoms with Crippen molar-refractivity contribution in [2.75, 3.05) is 19.6 Å². The van der Waals surface area contributed by atoms with E-state index in [0.717, 1.165) is 62.7 Å². The SMILES string of the molecule is O=C(CCC1CCCC1)N1CCC(c2nc(C(=O)N3CCCC4CCCCC43)cs2)CC1. The molecule has 2 aliphatic carbocycles. The summed E-state index contributed by atoms with van der Waals surface area (Å²) in [5.41, 5.74) is 0.659. The van der Waals surface area contributed by atoms with Crippen LogP contribution in [-0.2, 0) is 4.79 Å². The molecule has 1 aromatic rings. The van der Waals surface area contributed by atoms with Crippen LogP contribution in [0, 0.1) is 11.8 Å². The van der Waals surface area contributed by atoms with Crippen LogP contribution >= 0.6 is 11.3 Å². The molecule has 4 fully saturated rings. The van der Waals surface area contributed by atoms with E-state index in [1.165, 1.54) is 57.8 Å². The van der Waals surface area contributed by atoms with Gasteiger partial charge in [-0.1, -0.05) is 38.5 Å². The van der Waals surface area contributed by atoms with Crippen molar-refractivity contribution in [2.24, 2.45) is 11.8 Å². The van der Waals surface area contributed by atoms with E-state index >= 15 is 0 Å². The first kappa shape index (κ1) is 22.4. The van der Waals surface area contributed by atoms with Crippen molar-refractivity contribution in [3.05, 3.63) is 16.1 Å². The zero-order valence-corrected chi connectivity index (χ0v) is 20.3. The normalized spacial score (nSPS) is 27.5. The first-order valence-electron chi connectivity index (χ1n) is 13.2. The maximum atomic E-state index is 13.3. The van der Waals surface area contributed by atoms with Gasteiger partial charge in [-0.25, -0.2) is 4.98 Å². The minimum atomic E-state index is 0.156. The number of thiazole rings is 1. The molecule has 0 bridgehead atoms. The average Bonchev–Trinajstić information content (AvgIpc) is 3.54. The molecular formula is C26H39N3O2S. The molecular weight excluding hydrogens is 418 g/mol. The Balaban J connectivity index is 1.13. The van der Waals surface area contributed by atoms with Crippen molar-refractivity contribution in [3.63, 3.8) is 0 Å². The standard InChI is InChI=1S/C26H39N3O2S/c30-24(12-11-19-6-1-2-7-19)28-16-13-21(14-17-28)25-27-22(18-32-25)26(31)29-15-5-9-20-8-3-4-10-23(20)29/h18-21,23H,1-17H2. The molecule has 2 unspecified atom stereocenters. The Morgan fingerprint density at radius 1 is 0.906 bits per heavy atom. The summed E-state index contributed by atoms with van der Waals surface area (Å²) in [5.74, 6) is 2.38. The van der Waals surface area contributed by atoms with Gasteiger partial charge in [0.1, 0.15) is 5.69 Å². The maximum absolute atomic E-state index is 13.3. The number of carbonyl (C=O) groups is 2. The van der Waals surface area contributed by atoms with E-state index in [1.54, 1.807) is 11.3 Å². The number of hydrogen-bond acceptors (Lipinski definition) is 4. The van der Waals surface area contributed by atoms with Gasteiger partial charge in [0.05, 0.1) is 5.01 Å². The highest BCUT2D eigenvalue weighted by Gasteiger charge is 2.37. The third-order valence-corrected chi connectivity index (χ3v) is 9.69. The van der Waals surface area contributed by atoms with Gasteiger partial charge in [-0.2, -0.15) is 0 Å². The Morgan fingerprint density at radius 3 is 2.44 bits per heavy atom. The average molecular weight is 458 g/mol. The molecule has 2 atom stereocenters. The number of rotatable bonds is 5. The Hall–Kier alpha value is -1.43. The zero-order chi connectivity index (χ0) is 21.9. The predicted molar refractivity (Wildman–Crippen MR) is 128 cm³/mol. The monoisotopic (exact) mass is 457 g/mol. The minimum absolute atomic E-state index is 0.156. The first-order chi connectivity index (χ1) is 15.7. The van der Waals surface area contributed by atoms with Gasteiger partial charge in [-0.05, 0) is 56.8 Å². The third kappa shape index (κ3) is 4.90. The van der Waals surface area contributed by atoms with E-state index in [1.807, 2.05) is 5.38 Å². The molecule has 2 saturated carbocycles. The van der Waals surface area contributed by atoms with Crippen molar-refractivity contribution in [2.45, 2.75) is 102 Å². The number of fused-ring (bicyclic) bond motifs is 1. The molecule has 2 saturated heterocycles. The molecule has 0 radical (unpaired) electrons. The summed E-state index contributed by atoms with van der Waals surface area (Å²) in [4.78, 5) is 35.0. The van der Waals surface area contributed by atoms with E-state index in [9.17, 15) is 9.59 Å². The Labute approximate surface area is 197 Å². The van der Waals surface area contributed by atoms with Crippen LogP contribution in [0.1, 0.15) is 111 Å². The van der Waals surface area contributed by atoms with E-state index in [-0.39, 0.29) is 5.91 Å². The fourth-order valence-corrected chi connectivity index (χ4v) is 7.72. The lowest BCUT2D eigenvalue weighted by Gasteiger charge is -2.43. The second kappa shape index (κ2) is 10.2. The Kier molecular flexibility index (Phi) is 7.15. The Bertz CT molecular complexity index is 793. The highest BCUT2D eigenvalue weighted by molar-refractivity contribution is 7.09. The van der Waals surface area contributed by atoms with Crippen LogP contribution in [0.15, 0.2) is 5.38 Å². The van der Waals surface area contributed by atoms with Crippen LogP contribution in [0.4, 0.5) is 0 Å². The molecule has 2 amide bonds. The van der Waals surface area contributed by atoms with Crippen LogP contribution in [0.25, 0.3) is 0 Å². The van der Waals surface area contributed by atoms with Crippen LogP contribution in [-0.4, -0.2) is 52.3 Å². The van der Waals surface area contributed by atoms with E-state index in [0.29, 0.717) is 29.5 Å². The van der Waals surface area contributed by atoms with Gasteiger partial charge in [-0.15, -0.1) is 11.3 Å². The van der Waals surface area contributed by atoms with Crippen LogP contribution in [0.5, 0.6) is 0 Å². The smallest absolute Gasteiger partial charge is 0.273 e. The number of aromatic nitrogens is 1. The lowest BCUT2D eigenvalue weighted by Crippen LogP contribution is -2.49. The number of likely N-dealkylation sites (tertiary alicyclic amines) is 2. The summed E-state index contributed by atoms with van der Waals surface area (Å²) in [6.45, 7) is 2.58. The van der Waals surface area contributed by atoms with Crippen molar-refractivity contribution >= 4 is 23.2 Å². The number of carbonyl (C=O) groups excluding carboxylic acids is 2. The topological polar surface area (TPSA) is 53.5 Å². The first-order valence-corrected chi connectivity index (χ1v) is 14.1. The van der Waals surface area contributed by atoms with Crippen molar-refractivity contribution in [3.8, 4) is 0 Å². The highest BCUT2D eigenvalue weighted by Crippen LogP contribution is 2.37. The van der Waals surface area contributed by atoms with E-state index in [2.05, 4.69) is 9.80 Å². The van der Waals surface area contributed by atoms with Crippen molar-refractivity contribution in [1.82, 2.24) is 14.8 Å². The molecule has 0 spiro atoms. The molecule has 2 aliphatic heterocycles. The second-order valence-corrected chi connectivity index (χ2v) is 11.6. The van der Waals surface area contributed by atoms with Crippen molar-refractivity contribution < 1.29 is 9.59 Å². The fraction of sp³-hybridized carbons (Fsp3) is 0.808. The summed E-state index contributed by atoms with van der Waals surface area (Å²) in [6, 6.07) is 0.439. The number of piperidine rings is 2. The third-order valence-electron chi connectivity index (χ3n) is 8.68. The van der Waals surface area contributed by atoms with Gasteiger partial charge >= 0.3 is 0 Å². The molecule has 0 aromatic carbocycles. The van der Waals surface area contributed by atoms with Gasteiger partial charge in [0.15, 0.2) is 0 Å². The van der Waals surface area contributed by atoms with Gasteiger partial charge in [0.25, 0.3) is 5.91 Å². The Morgan fingerprint density at radius 2 is 1.62 bits per heavy atom. The lowest BCUT2D eigenvalue weighted by atomic mass is 9.78. The van der Waals surface area contributed by atoms with Crippen LogP contribution in [0.2, 0.25) is 0 Å². The summed E-state index contributed by atoms with van der Waals surface area (Å²) in [7, 11) is 0. The second-order valence-electron chi connectivity index (χ2n) is 10.7. The minimum Gasteiger partial charge on any atom is -0.343 e. The summed E-state index contributed by atoms with van der Waals surface area (Å²) in [5, 5.41) is 3.09. The predicted octanol–water partition coefficient (Wildman–Crippen LogP) is 5.61. The maximum Gasteiger partial charge on any atom is 0.273 e. The van der Waals surface area contributed by atoms with E-state index < -0.39 is 0 Å². The highest BCUT2D eigenvalue weighted by atomic mass is 32.1. The number of nitrogens with zero attached hydrogens (tertiary/aromatic N) is 3. The number of hydrogen-bond donors (Lipinski definition) is 0. The molecule has 6 heteroatoms. The molecule has 5 nitrogen and oxygen atoms in total. The fourth-order valence-electron chi connectivity index (χ4n) is 6.76. The van der Waals surface area contributed by atoms with Crippen molar-refractivity contribution in [1.29, 1.82) is 0 Å². The molecule has 4 aliphatic rings. The summed E-state index contributed by atoms with van der Waals surface area (Å²) in [6.07, 6.45) is 16.5. The lowest BCUT2D eigenvalue weighted by molar-refractivity contribution is -0.132. The van der Waals surface area contributed by atoms with Crippen LogP contribution in [0.3, 0.4) is 0 Å². The molecule has 0 N–H and O–H groups in total. The zero-order valence-electron chi connectivity index (χ0n) is 19.5. The van der Waals surface area contributed by atoms with Gasteiger partial charge in [0.2, 0.25) is 5.91 Å². The molecule has 5 rings (SSSR count). The summed E-state index contributed by atoms with van der Waals surface area (Å²) >= 11 is 1.65. The summed E-state index contributed by atoms with van der Waals surface area (Å²) < 4.78 is 0. The van der Waals surface area contributed by atoms with Gasteiger partial charge in [-0.3, -0.25) is 9.59 Å². The molecule has 1 aromatic heterocycles. The van der Waals surface area contributed by atoms with Gasteiger partial charge < -0.3 is 9.80 Å². The van der Waals surface area contributed by atoms with Gasteiger partial charge in [0, 0.05) is 43.4 Å². The molecule has 176 valence electrons. The largest absolute Gasteiger partial charge is 0.343 e.